The molecule has 0 aromatic rings. The molecule has 1 aliphatic rings. The van der Waals surface area contributed by atoms with Gasteiger partial charge in [0, 0.05) is 12.8 Å². The highest BCUT2D eigenvalue weighted by Gasteiger charge is 2.22. The van der Waals surface area contributed by atoms with Gasteiger partial charge in [0.2, 0.25) is 11.8 Å². The van der Waals surface area contributed by atoms with Gasteiger partial charge in [-0.15, -0.1) is 0 Å². The summed E-state index contributed by atoms with van der Waals surface area (Å²) in [4.78, 5) is 22.8. The van der Waals surface area contributed by atoms with Crippen molar-refractivity contribution >= 4 is 11.8 Å². The van der Waals surface area contributed by atoms with Crippen LogP contribution in [0.4, 0.5) is 0 Å². The van der Waals surface area contributed by atoms with Gasteiger partial charge in [-0.1, -0.05) is 12.8 Å². The van der Waals surface area contributed by atoms with Crippen LogP contribution in [0, 0.1) is 17.2 Å². The molecule has 1 atom stereocenters. The van der Waals surface area contributed by atoms with E-state index in [4.69, 9.17) is 11.0 Å². The molecule has 1 rings (SSSR count). The highest BCUT2D eigenvalue weighted by molar-refractivity contribution is 5.86. The molecule has 0 aliphatic heterocycles. The lowest BCUT2D eigenvalue weighted by molar-refractivity contribution is -0.128. The van der Waals surface area contributed by atoms with Crippen LogP contribution in [0.1, 0.15) is 44.9 Å². The summed E-state index contributed by atoms with van der Waals surface area (Å²) in [6.45, 7) is 0. The number of hydrogen-bond donors (Lipinski definition) is 2. The van der Waals surface area contributed by atoms with E-state index in [1.54, 1.807) is 0 Å². The fraction of sp³-hybridized carbons (Fsp3) is 0.750. The summed E-state index contributed by atoms with van der Waals surface area (Å²) in [6, 6.07) is 1.24. The van der Waals surface area contributed by atoms with Gasteiger partial charge in [-0.2, -0.15) is 5.26 Å². The monoisotopic (exact) mass is 237 g/mol. The van der Waals surface area contributed by atoms with Gasteiger partial charge >= 0.3 is 0 Å². The van der Waals surface area contributed by atoms with Gasteiger partial charge < -0.3 is 11.1 Å². The third-order valence-corrected chi connectivity index (χ3v) is 3.17. The highest BCUT2D eigenvalue weighted by atomic mass is 16.2. The predicted octanol–water partition coefficient (Wildman–Crippen LogP) is 0.841. The van der Waals surface area contributed by atoms with E-state index in [0.29, 0.717) is 18.8 Å². The van der Waals surface area contributed by atoms with Crippen LogP contribution in [0.3, 0.4) is 0 Å². The molecule has 17 heavy (non-hydrogen) atoms. The van der Waals surface area contributed by atoms with Crippen molar-refractivity contribution in [1.82, 2.24) is 5.32 Å². The SMILES string of the molecule is N#CCC[C@H](NC(=O)CC1CCCC1)C(N)=O. The van der Waals surface area contributed by atoms with E-state index in [2.05, 4.69) is 5.32 Å². The Labute approximate surface area is 101 Å². The smallest absolute Gasteiger partial charge is 0.240 e. The van der Waals surface area contributed by atoms with Crippen molar-refractivity contribution in [3.63, 3.8) is 0 Å². The topological polar surface area (TPSA) is 96.0 Å². The lowest BCUT2D eigenvalue weighted by atomic mass is 10.0. The number of amides is 2. The second kappa shape index (κ2) is 6.89. The summed E-state index contributed by atoms with van der Waals surface area (Å²) in [7, 11) is 0. The van der Waals surface area contributed by atoms with Crippen LogP contribution in [0.25, 0.3) is 0 Å². The fourth-order valence-electron chi connectivity index (χ4n) is 2.22. The van der Waals surface area contributed by atoms with Crippen LogP contribution < -0.4 is 11.1 Å². The summed E-state index contributed by atoms with van der Waals surface area (Å²) in [5, 5.41) is 11.1. The minimum atomic E-state index is -0.705. The molecule has 2 amide bonds. The van der Waals surface area contributed by atoms with Gasteiger partial charge in [0.05, 0.1) is 6.07 Å². The number of primary amides is 1. The molecule has 0 radical (unpaired) electrons. The maximum Gasteiger partial charge on any atom is 0.240 e. The Bertz CT molecular complexity index is 316. The highest BCUT2D eigenvalue weighted by Crippen LogP contribution is 2.27. The molecule has 0 bridgehead atoms. The first-order chi connectivity index (χ1) is 8.13. The molecule has 5 nitrogen and oxygen atoms in total. The number of carbonyl (C=O) groups excluding carboxylic acids is 2. The molecule has 0 unspecified atom stereocenters. The minimum absolute atomic E-state index is 0.126. The number of nitriles is 1. The van der Waals surface area contributed by atoms with Crippen LogP contribution >= 0.6 is 0 Å². The largest absolute Gasteiger partial charge is 0.368 e. The molecule has 3 N–H and O–H groups in total. The zero-order chi connectivity index (χ0) is 12.7. The summed E-state index contributed by atoms with van der Waals surface area (Å²) in [5.74, 6) is -0.252. The van der Waals surface area contributed by atoms with Gasteiger partial charge in [-0.25, -0.2) is 0 Å². The molecule has 0 saturated heterocycles. The third kappa shape index (κ3) is 4.85. The van der Waals surface area contributed by atoms with E-state index in [0.717, 1.165) is 12.8 Å². The van der Waals surface area contributed by atoms with Crippen LogP contribution in [0.5, 0.6) is 0 Å². The molecular formula is C12H19N3O2. The summed E-state index contributed by atoms with van der Waals surface area (Å²) < 4.78 is 0. The van der Waals surface area contributed by atoms with Crippen molar-refractivity contribution in [2.75, 3.05) is 0 Å². The Balaban J connectivity index is 2.35. The average molecular weight is 237 g/mol. The summed E-state index contributed by atoms with van der Waals surface area (Å²) in [5.41, 5.74) is 5.17. The Morgan fingerprint density at radius 2 is 2.06 bits per heavy atom. The number of nitrogens with one attached hydrogen (secondary N) is 1. The maximum absolute atomic E-state index is 11.7. The zero-order valence-corrected chi connectivity index (χ0v) is 9.95. The number of nitrogens with zero attached hydrogens (tertiary/aromatic N) is 1. The van der Waals surface area contributed by atoms with Gasteiger partial charge in [0.25, 0.3) is 0 Å². The second-order valence-electron chi connectivity index (χ2n) is 4.57. The minimum Gasteiger partial charge on any atom is -0.368 e. The summed E-state index contributed by atoms with van der Waals surface area (Å²) >= 11 is 0. The Morgan fingerprint density at radius 3 is 2.59 bits per heavy atom. The van der Waals surface area contributed by atoms with Crippen molar-refractivity contribution < 1.29 is 9.59 Å². The van der Waals surface area contributed by atoms with Crippen LogP contribution in [-0.4, -0.2) is 17.9 Å². The molecular weight excluding hydrogens is 218 g/mol. The van der Waals surface area contributed by atoms with Crippen molar-refractivity contribution in [3.05, 3.63) is 0 Å². The van der Waals surface area contributed by atoms with Crippen molar-refractivity contribution in [2.24, 2.45) is 11.7 Å². The lowest BCUT2D eigenvalue weighted by Crippen LogP contribution is -2.44. The van der Waals surface area contributed by atoms with E-state index in [1.807, 2.05) is 6.07 Å². The molecule has 0 spiro atoms. The molecule has 1 saturated carbocycles. The van der Waals surface area contributed by atoms with E-state index in [1.165, 1.54) is 12.8 Å². The quantitative estimate of drug-likeness (QED) is 0.716. The van der Waals surface area contributed by atoms with Crippen LogP contribution in [0.15, 0.2) is 0 Å². The van der Waals surface area contributed by atoms with Gasteiger partial charge in [0.1, 0.15) is 6.04 Å². The number of rotatable bonds is 6. The molecule has 5 heteroatoms. The molecule has 0 aromatic heterocycles. The fourth-order valence-corrected chi connectivity index (χ4v) is 2.22. The van der Waals surface area contributed by atoms with Crippen LogP contribution in [0.2, 0.25) is 0 Å². The van der Waals surface area contributed by atoms with Gasteiger partial charge in [-0.05, 0) is 25.2 Å². The Morgan fingerprint density at radius 1 is 1.41 bits per heavy atom. The van der Waals surface area contributed by atoms with E-state index in [-0.39, 0.29) is 12.3 Å². The first kappa shape index (κ1) is 13.5. The first-order valence-corrected chi connectivity index (χ1v) is 6.09. The zero-order valence-electron chi connectivity index (χ0n) is 9.95. The number of nitrogens with two attached hydrogens (primary N) is 1. The predicted molar refractivity (Wildman–Crippen MR) is 62.5 cm³/mol. The van der Waals surface area contributed by atoms with E-state index in [9.17, 15) is 9.59 Å². The molecule has 1 fully saturated rings. The molecule has 0 aromatic carbocycles. The molecule has 94 valence electrons. The van der Waals surface area contributed by atoms with Crippen LogP contribution in [-0.2, 0) is 9.59 Å². The van der Waals surface area contributed by atoms with Crippen molar-refractivity contribution in [1.29, 1.82) is 5.26 Å². The maximum atomic E-state index is 11.7. The normalized spacial score (nSPS) is 17.4. The Hall–Kier alpha value is -1.57. The standard InChI is InChI=1S/C12H19N3O2/c13-7-3-6-10(12(14)17)15-11(16)8-9-4-1-2-5-9/h9-10H,1-6,8H2,(H2,14,17)(H,15,16)/t10-/m0/s1. The van der Waals surface area contributed by atoms with E-state index < -0.39 is 11.9 Å². The lowest BCUT2D eigenvalue weighted by Gasteiger charge is -2.15. The van der Waals surface area contributed by atoms with Crippen molar-refractivity contribution in [2.45, 2.75) is 51.0 Å². The average Bonchev–Trinajstić information content (AvgIpc) is 2.76. The molecule has 1 aliphatic carbocycles. The number of carbonyl (C=O) groups is 2. The van der Waals surface area contributed by atoms with Gasteiger partial charge in [-0.3, -0.25) is 9.59 Å². The van der Waals surface area contributed by atoms with Crippen molar-refractivity contribution in [3.8, 4) is 6.07 Å². The Kier molecular flexibility index (Phi) is 5.47. The number of hydrogen-bond acceptors (Lipinski definition) is 3. The summed E-state index contributed by atoms with van der Waals surface area (Å²) in [6.07, 6.45) is 5.53. The first-order valence-electron chi connectivity index (χ1n) is 6.09. The van der Waals surface area contributed by atoms with Gasteiger partial charge in [0.15, 0.2) is 0 Å². The molecule has 0 heterocycles. The van der Waals surface area contributed by atoms with E-state index >= 15 is 0 Å². The third-order valence-electron chi connectivity index (χ3n) is 3.17. The second-order valence-corrected chi connectivity index (χ2v) is 4.57.